The van der Waals surface area contributed by atoms with Crippen LogP contribution in [0.2, 0.25) is 0 Å². The third-order valence-corrected chi connectivity index (χ3v) is 2.51. The molecule has 3 nitrogen and oxygen atoms in total. The van der Waals surface area contributed by atoms with Gasteiger partial charge in [0.15, 0.2) is 0 Å². The molecule has 1 aromatic carbocycles. The first-order valence-electron chi connectivity index (χ1n) is 5.67. The van der Waals surface area contributed by atoms with Crippen molar-refractivity contribution < 1.29 is 13.9 Å². The Morgan fingerprint density at radius 3 is 2.53 bits per heavy atom. The van der Waals surface area contributed by atoms with E-state index in [4.69, 9.17) is 15.2 Å². The topological polar surface area (TPSA) is 44.5 Å². The summed E-state index contributed by atoms with van der Waals surface area (Å²) in [5.41, 5.74) is 7.03. The number of nitrogens with two attached hydrogens (primary N) is 1. The summed E-state index contributed by atoms with van der Waals surface area (Å²) in [4.78, 5) is 0. The van der Waals surface area contributed by atoms with Crippen molar-refractivity contribution in [3.63, 3.8) is 0 Å². The van der Waals surface area contributed by atoms with Gasteiger partial charge in [0.05, 0.1) is 6.61 Å². The third kappa shape index (κ3) is 3.68. The molecule has 0 saturated heterocycles. The molecular weight excluding hydrogens is 221 g/mol. The molecule has 2 N–H and O–H groups in total. The Labute approximate surface area is 102 Å². The number of hydrogen-bond acceptors (Lipinski definition) is 3. The van der Waals surface area contributed by atoms with E-state index < -0.39 is 0 Å². The Morgan fingerprint density at radius 2 is 2.00 bits per heavy atom. The van der Waals surface area contributed by atoms with Gasteiger partial charge >= 0.3 is 0 Å². The fraction of sp³-hybridized carbons (Fsp3) is 0.538. The van der Waals surface area contributed by atoms with E-state index in [1.54, 1.807) is 27.0 Å². The number of halogens is 1. The van der Waals surface area contributed by atoms with Crippen molar-refractivity contribution in [3.05, 3.63) is 29.1 Å². The van der Waals surface area contributed by atoms with Crippen molar-refractivity contribution in [2.45, 2.75) is 32.9 Å². The molecule has 96 valence electrons. The smallest absolute Gasteiger partial charge is 0.126 e. The maximum atomic E-state index is 13.5. The maximum Gasteiger partial charge on any atom is 0.126 e. The number of benzene rings is 1. The fourth-order valence-electron chi connectivity index (χ4n) is 1.61. The van der Waals surface area contributed by atoms with Gasteiger partial charge in [-0.1, -0.05) is 0 Å². The van der Waals surface area contributed by atoms with Gasteiger partial charge in [0.25, 0.3) is 0 Å². The first-order chi connectivity index (χ1) is 7.95. The molecule has 0 heterocycles. The number of hydrogen-bond donors (Lipinski definition) is 1. The summed E-state index contributed by atoms with van der Waals surface area (Å²) < 4.78 is 24.2. The van der Waals surface area contributed by atoms with Crippen molar-refractivity contribution in [1.29, 1.82) is 0 Å². The zero-order valence-corrected chi connectivity index (χ0v) is 10.8. The van der Waals surface area contributed by atoms with E-state index in [0.29, 0.717) is 23.5 Å². The van der Waals surface area contributed by atoms with Crippen LogP contribution >= 0.6 is 0 Å². The molecule has 0 bridgehead atoms. The van der Waals surface area contributed by atoms with E-state index in [1.165, 1.54) is 6.07 Å². The number of methoxy groups -OCH3 is 1. The van der Waals surface area contributed by atoms with Crippen LogP contribution in [-0.4, -0.2) is 19.8 Å². The monoisotopic (exact) mass is 241 g/mol. The molecule has 1 unspecified atom stereocenters. The van der Waals surface area contributed by atoms with Gasteiger partial charge in [0.2, 0.25) is 0 Å². The quantitative estimate of drug-likeness (QED) is 0.861. The van der Waals surface area contributed by atoms with Crippen molar-refractivity contribution >= 4 is 0 Å². The van der Waals surface area contributed by atoms with Gasteiger partial charge in [-0.2, -0.15) is 0 Å². The summed E-state index contributed by atoms with van der Waals surface area (Å²) in [7, 11) is 1.61. The molecule has 0 amide bonds. The lowest BCUT2D eigenvalue weighted by Gasteiger charge is -2.19. The molecule has 1 aromatic rings. The third-order valence-electron chi connectivity index (χ3n) is 2.51. The van der Waals surface area contributed by atoms with Gasteiger partial charge in [-0.15, -0.1) is 0 Å². The largest absolute Gasteiger partial charge is 0.488 e. The van der Waals surface area contributed by atoms with Gasteiger partial charge in [0.1, 0.15) is 17.7 Å². The molecule has 4 heteroatoms. The lowest BCUT2D eigenvalue weighted by atomic mass is 10.0. The number of aryl methyl sites for hydroxylation is 1. The van der Waals surface area contributed by atoms with Crippen LogP contribution in [0.15, 0.2) is 12.1 Å². The number of ether oxygens (including phenoxy) is 2. The van der Waals surface area contributed by atoms with Crippen LogP contribution in [0.5, 0.6) is 5.75 Å². The lowest BCUT2D eigenvalue weighted by Crippen LogP contribution is -2.20. The summed E-state index contributed by atoms with van der Waals surface area (Å²) >= 11 is 0. The average molecular weight is 241 g/mol. The van der Waals surface area contributed by atoms with Crippen LogP contribution in [0.1, 0.15) is 31.0 Å². The summed E-state index contributed by atoms with van der Waals surface area (Å²) in [6.07, 6.45) is -0.0950. The van der Waals surface area contributed by atoms with E-state index in [1.807, 2.05) is 6.92 Å². The second-order valence-corrected chi connectivity index (χ2v) is 4.31. The van der Waals surface area contributed by atoms with Gasteiger partial charge in [-0.05, 0) is 38.5 Å². The van der Waals surface area contributed by atoms with Crippen molar-refractivity contribution in [2.24, 2.45) is 5.73 Å². The molecule has 0 aliphatic heterocycles. The van der Waals surface area contributed by atoms with Gasteiger partial charge in [-0.25, -0.2) is 4.39 Å². The molecule has 0 aliphatic carbocycles. The molecule has 17 heavy (non-hydrogen) atoms. The summed E-state index contributed by atoms with van der Waals surface area (Å²) in [5, 5.41) is 0. The maximum absolute atomic E-state index is 13.5. The predicted octanol–water partition coefficient (Wildman–Crippen LogP) is 2.57. The summed E-state index contributed by atoms with van der Waals surface area (Å²) in [6.45, 7) is 5.88. The second kappa shape index (κ2) is 5.98. The SMILES string of the molecule is COCC(C)Oc1cc(C)c(F)cc1[C@H](C)N. The van der Waals surface area contributed by atoms with Crippen LogP contribution in [0.3, 0.4) is 0 Å². The number of rotatable bonds is 5. The Balaban J connectivity index is 3.00. The highest BCUT2D eigenvalue weighted by Crippen LogP contribution is 2.28. The van der Waals surface area contributed by atoms with Gasteiger partial charge in [0, 0.05) is 18.7 Å². The molecule has 1 rings (SSSR count). The summed E-state index contributed by atoms with van der Waals surface area (Å²) in [6, 6.07) is 2.85. The lowest BCUT2D eigenvalue weighted by molar-refractivity contribution is 0.0911. The Hall–Kier alpha value is -1.13. The second-order valence-electron chi connectivity index (χ2n) is 4.31. The van der Waals surface area contributed by atoms with Gasteiger partial charge in [-0.3, -0.25) is 0 Å². The van der Waals surface area contributed by atoms with Crippen molar-refractivity contribution in [1.82, 2.24) is 0 Å². The Bertz CT molecular complexity index is 380. The van der Waals surface area contributed by atoms with Crippen LogP contribution in [0, 0.1) is 12.7 Å². The molecule has 0 fully saturated rings. The van der Waals surface area contributed by atoms with E-state index in [0.717, 1.165) is 0 Å². The van der Waals surface area contributed by atoms with Crippen molar-refractivity contribution in [2.75, 3.05) is 13.7 Å². The normalized spacial score (nSPS) is 14.5. The highest BCUT2D eigenvalue weighted by Gasteiger charge is 2.14. The van der Waals surface area contributed by atoms with E-state index in [9.17, 15) is 4.39 Å². The molecule has 0 spiro atoms. The van der Waals surface area contributed by atoms with E-state index >= 15 is 0 Å². The highest BCUT2D eigenvalue weighted by atomic mass is 19.1. The molecule has 2 atom stereocenters. The van der Waals surface area contributed by atoms with Crippen LogP contribution in [0.25, 0.3) is 0 Å². The molecule has 0 radical (unpaired) electrons. The average Bonchev–Trinajstić information content (AvgIpc) is 2.23. The zero-order chi connectivity index (χ0) is 13.0. The highest BCUT2D eigenvalue weighted by molar-refractivity contribution is 5.40. The first-order valence-corrected chi connectivity index (χ1v) is 5.67. The van der Waals surface area contributed by atoms with Crippen LogP contribution < -0.4 is 10.5 Å². The first kappa shape index (κ1) is 13.9. The van der Waals surface area contributed by atoms with Crippen LogP contribution in [-0.2, 0) is 4.74 Å². The molecular formula is C13H20FNO2. The molecule has 0 aromatic heterocycles. The van der Waals surface area contributed by atoms with Crippen LogP contribution in [0.4, 0.5) is 4.39 Å². The van der Waals surface area contributed by atoms with E-state index in [-0.39, 0.29) is 18.0 Å². The minimum atomic E-state index is -0.269. The fourth-order valence-corrected chi connectivity index (χ4v) is 1.61. The van der Waals surface area contributed by atoms with Crippen molar-refractivity contribution in [3.8, 4) is 5.75 Å². The molecule has 0 saturated carbocycles. The minimum absolute atomic E-state index is 0.0950. The summed E-state index contributed by atoms with van der Waals surface area (Å²) in [5.74, 6) is 0.368. The Kier molecular flexibility index (Phi) is 4.90. The van der Waals surface area contributed by atoms with E-state index in [2.05, 4.69) is 0 Å². The zero-order valence-electron chi connectivity index (χ0n) is 10.8. The molecule has 0 aliphatic rings. The Morgan fingerprint density at radius 1 is 1.35 bits per heavy atom. The predicted molar refractivity (Wildman–Crippen MR) is 65.7 cm³/mol. The standard InChI is InChI=1S/C13H20FNO2/c1-8-5-13(17-9(2)7-16-4)11(10(3)15)6-12(8)14/h5-6,9-10H,7,15H2,1-4H3/t9?,10-/m0/s1. The van der Waals surface area contributed by atoms with Gasteiger partial charge < -0.3 is 15.2 Å². The minimum Gasteiger partial charge on any atom is -0.488 e.